The molecular weight excluding hydrogens is 400 g/mol. The summed E-state index contributed by atoms with van der Waals surface area (Å²) in [4.78, 5) is 25.1. The van der Waals surface area contributed by atoms with Crippen molar-refractivity contribution >= 4 is 46.4 Å². The molecule has 1 aliphatic heterocycles. The molecule has 8 heteroatoms. The van der Waals surface area contributed by atoms with Crippen LogP contribution in [0.2, 0.25) is 5.02 Å². The van der Waals surface area contributed by atoms with Crippen LogP contribution in [0.4, 0.5) is 0 Å². The van der Waals surface area contributed by atoms with Gasteiger partial charge in [-0.15, -0.1) is 0 Å². The first-order valence-corrected chi connectivity index (χ1v) is 9.08. The van der Waals surface area contributed by atoms with E-state index in [1.54, 1.807) is 48.5 Å². The largest absolute Gasteiger partial charge is 0.496 e. The third-order valence-electron chi connectivity index (χ3n) is 4.27. The van der Waals surface area contributed by atoms with Gasteiger partial charge in [-0.2, -0.15) is 0 Å². The predicted molar refractivity (Wildman–Crippen MR) is 110 cm³/mol. The first-order chi connectivity index (χ1) is 13.5. The summed E-state index contributed by atoms with van der Waals surface area (Å²) in [5, 5.41) is 6.90. The number of hydrogen-bond donors (Lipinski definition) is 2. The Morgan fingerprint density at radius 2 is 1.75 bits per heavy atom. The lowest BCUT2D eigenvalue weighted by Crippen LogP contribution is -2.46. The molecule has 0 spiro atoms. The van der Waals surface area contributed by atoms with Gasteiger partial charge in [0, 0.05) is 10.6 Å². The molecule has 1 aliphatic rings. The van der Waals surface area contributed by atoms with E-state index in [1.165, 1.54) is 7.11 Å². The Morgan fingerprint density at radius 3 is 2.39 bits per heavy atom. The molecule has 0 amide bonds. The fraction of sp³-hybridized carbons (Fsp3) is 0.150. The second-order valence-electron chi connectivity index (χ2n) is 5.89. The topological polar surface area (TPSA) is 76.7 Å². The molecule has 144 valence electrons. The highest BCUT2D eigenvalue weighted by molar-refractivity contribution is 7.80. The van der Waals surface area contributed by atoms with Crippen LogP contribution < -0.4 is 15.4 Å². The molecule has 0 aromatic heterocycles. The summed E-state index contributed by atoms with van der Waals surface area (Å²) in [5.74, 6) is -1.23. The molecule has 2 aromatic carbocycles. The molecule has 6 nitrogen and oxygen atoms in total. The molecule has 0 saturated heterocycles. The number of Topliss-reactive ketones (excluding diaryl/α,β-unsaturated/α-hetero) is 1. The van der Waals surface area contributed by atoms with E-state index < -0.39 is 17.8 Å². The maximum Gasteiger partial charge on any atom is 0.379 e. The molecule has 28 heavy (non-hydrogen) atoms. The van der Waals surface area contributed by atoms with E-state index in [9.17, 15) is 9.59 Å². The summed E-state index contributed by atoms with van der Waals surface area (Å²) in [6, 6.07) is 13.4. The second kappa shape index (κ2) is 8.41. The molecule has 0 bridgehead atoms. The van der Waals surface area contributed by atoms with E-state index in [0.717, 1.165) is 7.11 Å². The number of ether oxygens (including phenoxy) is 2. The Morgan fingerprint density at radius 1 is 1.07 bits per heavy atom. The third-order valence-corrected chi connectivity index (χ3v) is 4.74. The normalized spacial score (nSPS) is 16.1. The number of nitrogens with one attached hydrogen (secondary N) is 2. The highest BCUT2D eigenvalue weighted by Gasteiger charge is 2.36. The standard InChI is InChI=1S/C20H17ClN2O4S/c1-26-14-6-4-3-5-13(14)17-15(18(24)19(25)27-2)16(22-20(28)23-17)11-7-9-12(21)10-8-11/h3-10,16H,1-2H3,(H2,22,23,28)/t16-/m0/s1. The van der Waals surface area contributed by atoms with Crippen molar-refractivity contribution in [3.05, 3.63) is 70.3 Å². The van der Waals surface area contributed by atoms with Gasteiger partial charge in [0.25, 0.3) is 5.78 Å². The number of carbonyl (C=O) groups is 2. The second-order valence-corrected chi connectivity index (χ2v) is 6.74. The van der Waals surface area contributed by atoms with Crippen LogP contribution >= 0.6 is 23.8 Å². The van der Waals surface area contributed by atoms with Crippen LogP contribution in [-0.2, 0) is 14.3 Å². The van der Waals surface area contributed by atoms with Gasteiger partial charge in [-0.25, -0.2) is 4.79 Å². The molecule has 3 rings (SSSR count). The number of thiocarbonyl (C=S) groups is 1. The SMILES string of the molecule is COC(=O)C(=O)C1=C(c2ccccc2OC)NC(=S)N[C@H]1c1ccc(Cl)cc1. The highest BCUT2D eigenvalue weighted by Crippen LogP contribution is 2.35. The van der Waals surface area contributed by atoms with Gasteiger partial charge >= 0.3 is 5.97 Å². The highest BCUT2D eigenvalue weighted by atomic mass is 35.5. The van der Waals surface area contributed by atoms with E-state index >= 15 is 0 Å². The van der Waals surface area contributed by atoms with Crippen molar-refractivity contribution in [2.45, 2.75) is 6.04 Å². The minimum absolute atomic E-state index is 0.173. The molecule has 1 atom stereocenters. The number of methoxy groups -OCH3 is 2. The van der Waals surface area contributed by atoms with Crippen LogP contribution in [0.5, 0.6) is 5.75 Å². The van der Waals surface area contributed by atoms with Gasteiger partial charge in [0.2, 0.25) is 0 Å². The lowest BCUT2D eigenvalue weighted by Gasteiger charge is -2.31. The van der Waals surface area contributed by atoms with Crippen LogP contribution in [0.25, 0.3) is 5.70 Å². The summed E-state index contributed by atoms with van der Waals surface area (Å²) in [7, 11) is 2.69. The zero-order valence-electron chi connectivity index (χ0n) is 15.1. The molecule has 0 unspecified atom stereocenters. The lowest BCUT2D eigenvalue weighted by molar-refractivity contribution is -0.150. The smallest absolute Gasteiger partial charge is 0.379 e. The first kappa shape index (κ1) is 19.9. The number of benzene rings is 2. The third kappa shape index (κ3) is 3.85. The van der Waals surface area contributed by atoms with Gasteiger partial charge in [-0.1, -0.05) is 35.9 Å². The molecule has 0 radical (unpaired) electrons. The Hall–Kier alpha value is -2.90. The van der Waals surface area contributed by atoms with Gasteiger partial charge in [0.15, 0.2) is 5.11 Å². The van der Waals surface area contributed by atoms with Gasteiger partial charge in [0.1, 0.15) is 5.75 Å². The average Bonchev–Trinajstić information content (AvgIpc) is 2.72. The van der Waals surface area contributed by atoms with Crippen molar-refractivity contribution in [2.75, 3.05) is 14.2 Å². The molecule has 2 N–H and O–H groups in total. The van der Waals surface area contributed by atoms with E-state index in [-0.39, 0.29) is 5.57 Å². The van der Waals surface area contributed by atoms with E-state index in [0.29, 0.717) is 32.7 Å². The quantitative estimate of drug-likeness (QED) is 0.440. The van der Waals surface area contributed by atoms with Crippen molar-refractivity contribution in [1.29, 1.82) is 0 Å². The fourth-order valence-corrected chi connectivity index (χ4v) is 3.33. The molecule has 2 aromatic rings. The van der Waals surface area contributed by atoms with Gasteiger partial charge in [-0.05, 0) is 42.0 Å². The van der Waals surface area contributed by atoms with Crippen LogP contribution in [0.3, 0.4) is 0 Å². The molecule has 0 saturated carbocycles. The zero-order valence-corrected chi connectivity index (χ0v) is 16.7. The number of ketones is 1. The number of halogens is 1. The van der Waals surface area contributed by atoms with Crippen LogP contribution in [-0.4, -0.2) is 31.1 Å². The molecular formula is C20H17ClN2O4S. The number of esters is 1. The van der Waals surface area contributed by atoms with Crippen LogP contribution in [0.15, 0.2) is 54.1 Å². The summed E-state index contributed by atoms with van der Waals surface area (Å²) < 4.78 is 10.1. The summed E-state index contributed by atoms with van der Waals surface area (Å²) in [6.45, 7) is 0. The minimum atomic E-state index is -0.974. The maximum absolute atomic E-state index is 12.9. The molecule has 0 aliphatic carbocycles. The lowest BCUT2D eigenvalue weighted by atomic mass is 9.89. The fourth-order valence-electron chi connectivity index (χ4n) is 2.98. The van der Waals surface area contributed by atoms with E-state index in [1.807, 2.05) is 0 Å². The molecule has 0 fully saturated rings. The monoisotopic (exact) mass is 416 g/mol. The Bertz CT molecular complexity index is 972. The van der Waals surface area contributed by atoms with Gasteiger partial charge < -0.3 is 20.1 Å². The van der Waals surface area contributed by atoms with Crippen molar-refractivity contribution in [1.82, 2.24) is 10.6 Å². The Balaban J connectivity index is 2.26. The summed E-state index contributed by atoms with van der Waals surface area (Å²) >= 11 is 11.3. The van der Waals surface area contributed by atoms with Gasteiger partial charge in [-0.3, -0.25) is 4.79 Å². The predicted octanol–water partition coefficient (Wildman–Crippen LogP) is 3.02. The molecule has 1 heterocycles. The first-order valence-electron chi connectivity index (χ1n) is 8.29. The van der Waals surface area contributed by atoms with Gasteiger partial charge in [0.05, 0.1) is 31.5 Å². The summed E-state index contributed by atoms with van der Waals surface area (Å²) in [6.07, 6.45) is 0. The number of hydrogen-bond acceptors (Lipinski definition) is 5. The van der Waals surface area contributed by atoms with Crippen molar-refractivity contribution in [3.63, 3.8) is 0 Å². The summed E-state index contributed by atoms with van der Waals surface area (Å²) in [5.41, 5.74) is 1.87. The number of rotatable bonds is 5. The Labute approximate surface area is 172 Å². The number of para-hydroxylation sites is 1. The minimum Gasteiger partial charge on any atom is -0.496 e. The zero-order chi connectivity index (χ0) is 20.3. The average molecular weight is 417 g/mol. The maximum atomic E-state index is 12.9. The van der Waals surface area contributed by atoms with Crippen molar-refractivity contribution in [2.24, 2.45) is 0 Å². The van der Waals surface area contributed by atoms with E-state index in [4.69, 9.17) is 28.6 Å². The van der Waals surface area contributed by atoms with Crippen LogP contribution in [0.1, 0.15) is 17.2 Å². The van der Waals surface area contributed by atoms with Crippen molar-refractivity contribution in [3.8, 4) is 5.75 Å². The van der Waals surface area contributed by atoms with E-state index in [2.05, 4.69) is 15.4 Å². The van der Waals surface area contributed by atoms with Crippen molar-refractivity contribution < 1.29 is 19.1 Å². The Kier molecular flexibility index (Phi) is 5.96. The van der Waals surface area contributed by atoms with Crippen LogP contribution in [0, 0.1) is 0 Å². The number of carbonyl (C=O) groups excluding carboxylic acids is 2.